The summed E-state index contributed by atoms with van der Waals surface area (Å²) in [6, 6.07) is 7.45. The van der Waals surface area contributed by atoms with Crippen molar-refractivity contribution in [1.82, 2.24) is 15.1 Å². The van der Waals surface area contributed by atoms with Gasteiger partial charge in [-0.2, -0.15) is 0 Å². The van der Waals surface area contributed by atoms with Gasteiger partial charge in [0, 0.05) is 13.6 Å². The first-order valence-electron chi connectivity index (χ1n) is 6.57. The fraction of sp³-hybridized carbons (Fsp3) is 0.357. The first kappa shape index (κ1) is 13.9. The van der Waals surface area contributed by atoms with E-state index in [2.05, 4.69) is 10.2 Å². The van der Waals surface area contributed by atoms with E-state index in [4.69, 9.17) is 9.15 Å². The van der Waals surface area contributed by atoms with Crippen LogP contribution < -0.4 is 4.74 Å². The minimum absolute atomic E-state index is 0.108. The van der Waals surface area contributed by atoms with Crippen molar-refractivity contribution < 1.29 is 13.9 Å². The molecule has 1 amide bonds. The summed E-state index contributed by atoms with van der Waals surface area (Å²) >= 11 is 1.32. The van der Waals surface area contributed by atoms with Crippen LogP contribution in [0.25, 0.3) is 11.5 Å². The predicted molar refractivity (Wildman–Crippen MR) is 78.2 cm³/mol. The van der Waals surface area contributed by atoms with Crippen LogP contribution in [0.15, 0.2) is 33.9 Å². The van der Waals surface area contributed by atoms with Crippen molar-refractivity contribution in [3.05, 3.63) is 24.3 Å². The fourth-order valence-corrected chi connectivity index (χ4v) is 3.17. The van der Waals surface area contributed by atoms with Crippen molar-refractivity contribution in [3.8, 4) is 17.2 Å². The van der Waals surface area contributed by atoms with E-state index in [9.17, 15) is 4.79 Å². The molecule has 1 unspecified atom stereocenters. The molecule has 0 aliphatic carbocycles. The van der Waals surface area contributed by atoms with E-state index in [1.54, 1.807) is 19.1 Å². The number of benzene rings is 1. The molecule has 0 saturated carbocycles. The molecule has 1 atom stereocenters. The Labute approximate surface area is 126 Å². The number of carbonyl (C=O) groups is 1. The second-order valence-corrected chi connectivity index (χ2v) is 5.88. The van der Waals surface area contributed by atoms with Gasteiger partial charge in [-0.05, 0) is 18.6 Å². The monoisotopic (exact) mass is 305 g/mol. The molecule has 1 aromatic carbocycles. The SMILES string of the molecule is COc1ccccc1-c1nnc(SC2CCN(C)C2=O)o1. The summed E-state index contributed by atoms with van der Waals surface area (Å²) in [5.41, 5.74) is 0.745. The second-order valence-electron chi connectivity index (χ2n) is 4.73. The minimum Gasteiger partial charge on any atom is -0.496 e. The molecule has 2 heterocycles. The van der Waals surface area contributed by atoms with Gasteiger partial charge in [-0.1, -0.05) is 23.9 Å². The van der Waals surface area contributed by atoms with Gasteiger partial charge in [0.25, 0.3) is 11.1 Å². The summed E-state index contributed by atoms with van der Waals surface area (Å²) in [4.78, 5) is 13.6. The molecule has 1 aliphatic heterocycles. The van der Waals surface area contributed by atoms with E-state index < -0.39 is 0 Å². The molecule has 1 aromatic heterocycles. The van der Waals surface area contributed by atoms with Gasteiger partial charge in [-0.15, -0.1) is 10.2 Å². The highest BCUT2D eigenvalue weighted by molar-refractivity contribution is 8.00. The smallest absolute Gasteiger partial charge is 0.277 e. The van der Waals surface area contributed by atoms with E-state index in [0.29, 0.717) is 16.9 Å². The van der Waals surface area contributed by atoms with Crippen LogP contribution >= 0.6 is 11.8 Å². The van der Waals surface area contributed by atoms with Gasteiger partial charge in [-0.3, -0.25) is 4.79 Å². The van der Waals surface area contributed by atoms with E-state index in [0.717, 1.165) is 18.5 Å². The lowest BCUT2D eigenvalue weighted by Gasteiger charge is -2.07. The van der Waals surface area contributed by atoms with E-state index in [-0.39, 0.29) is 11.2 Å². The molecule has 0 N–H and O–H groups in total. The Morgan fingerprint density at radius 2 is 2.19 bits per heavy atom. The Bertz CT molecular complexity index is 658. The molecule has 1 saturated heterocycles. The first-order chi connectivity index (χ1) is 10.2. The Morgan fingerprint density at radius 3 is 2.90 bits per heavy atom. The van der Waals surface area contributed by atoms with Crippen molar-refractivity contribution in [2.45, 2.75) is 16.9 Å². The summed E-state index contributed by atoms with van der Waals surface area (Å²) in [5, 5.41) is 8.32. The summed E-state index contributed by atoms with van der Waals surface area (Å²) in [5.74, 6) is 1.18. The summed E-state index contributed by atoms with van der Waals surface area (Å²) in [7, 11) is 3.40. The normalized spacial score (nSPS) is 18.3. The van der Waals surface area contributed by atoms with E-state index in [1.807, 2.05) is 24.3 Å². The zero-order chi connectivity index (χ0) is 14.8. The van der Waals surface area contributed by atoms with Gasteiger partial charge in [0.1, 0.15) is 5.75 Å². The average Bonchev–Trinajstić information content (AvgIpc) is 3.09. The number of rotatable bonds is 4. The van der Waals surface area contributed by atoms with Gasteiger partial charge < -0.3 is 14.1 Å². The van der Waals surface area contributed by atoms with Crippen LogP contribution in [0.1, 0.15) is 6.42 Å². The van der Waals surface area contributed by atoms with Crippen molar-refractivity contribution in [2.75, 3.05) is 20.7 Å². The highest BCUT2D eigenvalue weighted by atomic mass is 32.2. The number of carbonyl (C=O) groups excluding carboxylic acids is 1. The Hall–Kier alpha value is -2.02. The predicted octanol–water partition coefficient (Wildman–Crippen LogP) is 2.07. The molecular formula is C14H15N3O3S. The van der Waals surface area contributed by atoms with Crippen LogP contribution in [-0.2, 0) is 4.79 Å². The number of amides is 1. The number of aromatic nitrogens is 2. The van der Waals surface area contributed by atoms with Gasteiger partial charge >= 0.3 is 0 Å². The van der Waals surface area contributed by atoms with Gasteiger partial charge in [0.2, 0.25) is 5.91 Å². The topological polar surface area (TPSA) is 68.5 Å². The third-order valence-corrected chi connectivity index (χ3v) is 4.45. The molecule has 3 rings (SSSR count). The zero-order valence-corrected chi connectivity index (χ0v) is 12.6. The van der Waals surface area contributed by atoms with E-state index >= 15 is 0 Å². The third-order valence-electron chi connectivity index (χ3n) is 3.37. The number of para-hydroxylation sites is 1. The molecule has 1 fully saturated rings. The van der Waals surface area contributed by atoms with Gasteiger partial charge in [0.15, 0.2) is 0 Å². The highest BCUT2D eigenvalue weighted by Crippen LogP contribution is 2.33. The van der Waals surface area contributed by atoms with Crippen LogP contribution in [0.4, 0.5) is 0 Å². The van der Waals surface area contributed by atoms with Crippen molar-refractivity contribution in [2.24, 2.45) is 0 Å². The highest BCUT2D eigenvalue weighted by Gasteiger charge is 2.31. The number of thioether (sulfide) groups is 1. The van der Waals surface area contributed by atoms with Crippen molar-refractivity contribution in [3.63, 3.8) is 0 Å². The molecule has 110 valence electrons. The van der Waals surface area contributed by atoms with Gasteiger partial charge in [-0.25, -0.2) is 0 Å². The number of nitrogens with zero attached hydrogens (tertiary/aromatic N) is 3. The molecule has 0 bridgehead atoms. The number of likely N-dealkylation sites (tertiary alicyclic amines) is 1. The Kier molecular flexibility index (Phi) is 3.83. The molecular weight excluding hydrogens is 290 g/mol. The Morgan fingerprint density at radius 1 is 1.38 bits per heavy atom. The van der Waals surface area contributed by atoms with Crippen molar-refractivity contribution in [1.29, 1.82) is 0 Å². The lowest BCUT2D eigenvalue weighted by Crippen LogP contribution is -2.23. The number of hydrogen-bond acceptors (Lipinski definition) is 6. The minimum atomic E-state index is -0.138. The summed E-state index contributed by atoms with van der Waals surface area (Å²) in [6.07, 6.45) is 0.798. The third kappa shape index (κ3) is 2.73. The van der Waals surface area contributed by atoms with Crippen LogP contribution in [0, 0.1) is 0 Å². The summed E-state index contributed by atoms with van der Waals surface area (Å²) < 4.78 is 10.9. The maximum absolute atomic E-state index is 11.9. The Balaban J connectivity index is 1.79. The number of hydrogen-bond donors (Lipinski definition) is 0. The molecule has 7 heteroatoms. The molecule has 0 radical (unpaired) electrons. The van der Waals surface area contributed by atoms with Crippen LogP contribution in [-0.4, -0.2) is 47.0 Å². The number of ether oxygens (including phenoxy) is 1. The molecule has 6 nitrogen and oxygen atoms in total. The van der Waals surface area contributed by atoms with Crippen molar-refractivity contribution >= 4 is 17.7 Å². The maximum Gasteiger partial charge on any atom is 0.277 e. The van der Waals surface area contributed by atoms with Crippen LogP contribution in [0.2, 0.25) is 0 Å². The molecule has 1 aliphatic rings. The molecule has 2 aromatic rings. The average molecular weight is 305 g/mol. The van der Waals surface area contributed by atoms with Crippen LogP contribution in [0.3, 0.4) is 0 Å². The van der Waals surface area contributed by atoms with E-state index in [1.165, 1.54) is 11.8 Å². The zero-order valence-electron chi connectivity index (χ0n) is 11.8. The number of methoxy groups -OCH3 is 1. The molecule has 21 heavy (non-hydrogen) atoms. The standard InChI is InChI=1S/C14H15N3O3S/c1-17-8-7-11(13(17)18)21-14-16-15-12(20-14)9-5-3-4-6-10(9)19-2/h3-6,11H,7-8H2,1-2H3. The second kappa shape index (κ2) is 5.77. The van der Waals surface area contributed by atoms with Gasteiger partial charge in [0.05, 0.1) is 17.9 Å². The first-order valence-corrected chi connectivity index (χ1v) is 7.45. The quantitative estimate of drug-likeness (QED) is 0.861. The lowest BCUT2D eigenvalue weighted by molar-refractivity contribution is -0.126. The fourth-order valence-electron chi connectivity index (χ4n) is 2.21. The summed E-state index contributed by atoms with van der Waals surface area (Å²) in [6.45, 7) is 0.768. The largest absolute Gasteiger partial charge is 0.496 e. The maximum atomic E-state index is 11.9. The van der Waals surface area contributed by atoms with Crippen LogP contribution in [0.5, 0.6) is 5.75 Å². The lowest BCUT2D eigenvalue weighted by atomic mass is 10.2. The molecule has 0 spiro atoms.